The summed E-state index contributed by atoms with van der Waals surface area (Å²) < 4.78 is 14.9. The van der Waals surface area contributed by atoms with Crippen LogP contribution in [0.4, 0.5) is 15.8 Å². The molecule has 0 saturated heterocycles. The van der Waals surface area contributed by atoms with E-state index in [0.29, 0.717) is 29.0 Å². The van der Waals surface area contributed by atoms with Gasteiger partial charge in [-0.3, -0.25) is 4.79 Å². The summed E-state index contributed by atoms with van der Waals surface area (Å²) in [7, 11) is 0. The van der Waals surface area contributed by atoms with Gasteiger partial charge in [0.1, 0.15) is 5.82 Å². The van der Waals surface area contributed by atoms with Crippen molar-refractivity contribution in [3.05, 3.63) is 92.5 Å². The van der Waals surface area contributed by atoms with Crippen molar-refractivity contribution in [1.29, 1.82) is 0 Å². The minimum absolute atomic E-state index is 0.0155. The Balaban J connectivity index is 1.67. The molecule has 6 heteroatoms. The summed E-state index contributed by atoms with van der Waals surface area (Å²) in [5, 5.41) is 9.17. The maximum Gasteiger partial charge on any atom is 0.163 e. The molecule has 2 aliphatic rings. The third-order valence-electron chi connectivity index (χ3n) is 5.54. The molecule has 146 valence electrons. The lowest BCUT2D eigenvalue weighted by atomic mass is 9.80. The molecular formula is C23H18ClFN2OS. The summed E-state index contributed by atoms with van der Waals surface area (Å²) in [5.74, 6) is -0.285. The van der Waals surface area contributed by atoms with E-state index in [0.717, 1.165) is 17.1 Å². The van der Waals surface area contributed by atoms with E-state index in [-0.39, 0.29) is 11.7 Å². The molecule has 2 heterocycles. The largest absolute Gasteiger partial charge is 0.372 e. The van der Waals surface area contributed by atoms with E-state index in [1.165, 1.54) is 10.9 Å². The first-order valence-corrected chi connectivity index (χ1v) is 10.7. The lowest BCUT2D eigenvalue weighted by Crippen LogP contribution is -2.27. The number of anilines is 2. The second-order valence-electron chi connectivity index (χ2n) is 7.32. The number of rotatable bonds is 2. The first-order valence-electron chi connectivity index (χ1n) is 9.48. The Morgan fingerprint density at radius 3 is 2.59 bits per heavy atom. The van der Waals surface area contributed by atoms with Gasteiger partial charge in [0.05, 0.1) is 17.4 Å². The van der Waals surface area contributed by atoms with Crippen molar-refractivity contribution in [2.45, 2.75) is 24.8 Å². The molecule has 3 aromatic rings. The van der Waals surface area contributed by atoms with Crippen molar-refractivity contribution in [2.24, 2.45) is 0 Å². The van der Waals surface area contributed by atoms with Crippen LogP contribution in [0.1, 0.15) is 35.2 Å². The molecule has 1 aliphatic carbocycles. The maximum atomic E-state index is 14.9. The second kappa shape index (κ2) is 7.32. The molecule has 2 N–H and O–H groups in total. The van der Waals surface area contributed by atoms with Gasteiger partial charge in [-0.25, -0.2) is 4.39 Å². The van der Waals surface area contributed by atoms with Crippen molar-refractivity contribution < 1.29 is 9.18 Å². The number of Topliss-reactive ketones (excluding diaryl/α,β-unsaturated/α-hetero) is 1. The molecular weight excluding hydrogens is 407 g/mol. The topological polar surface area (TPSA) is 41.1 Å². The van der Waals surface area contributed by atoms with Gasteiger partial charge in [-0.05, 0) is 42.1 Å². The Kier molecular flexibility index (Phi) is 4.64. The SMILES string of the molecule is O=C1C[C@@H](c2cccs2)CC2=C1[C@@H](c1c(F)cccc1Cl)Nc1ccccc1N2. The van der Waals surface area contributed by atoms with Crippen LogP contribution in [0.2, 0.25) is 5.02 Å². The predicted octanol–water partition coefficient (Wildman–Crippen LogP) is 6.52. The molecule has 0 amide bonds. The molecule has 29 heavy (non-hydrogen) atoms. The van der Waals surface area contributed by atoms with Gasteiger partial charge in [0.15, 0.2) is 5.78 Å². The molecule has 3 nitrogen and oxygen atoms in total. The number of carbonyl (C=O) groups excluding carboxylic acids is 1. The van der Waals surface area contributed by atoms with E-state index < -0.39 is 11.9 Å². The molecule has 0 bridgehead atoms. The quantitative estimate of drug-likeness (QED) is 0.492. The fourth-order valence-electron chi connectivity index (χ4n) is 4.22. The van der Waals surface area contributed by atoms with Gasteiger partial charge in [0, 0.05) is 39.1 Å². The third-order valence-corrected chi connectivity index (χ3v) is 6.91. The number of hydrogen-bond acceptors (Lipinski definition) is 4. The minimum Gasteiger partial charge on any atom is -0.372 e. The molecule has 2 aromatic carbocycles. The highest BCUT2D eigenvalue weighted by Gasteiger charge is 2.37. The highest BCUT2D eigenvalue weighted by molar-refractivity contribution is 7.10. The van der Waals surface area contributed by atoms with E-state index in [1.54, 1.807) is 23.5 Å². The van der Waals surface area contributed by atoms with Crippen LogP contribution in [0, 0.1) is 5.82 Å². The molecule has 2 atom stereocenters. The molecule has 5 rings (SSSR count). The minimum atomic E-state index is -0.647. The number of fused-ring (bicyclic) bond motifs is 1. The number of para-hydroxylation sites is 2. The first kappa shape index (κ1) is 18.4. The fraction of sp³-hybridized carbons (Fsp3) is 0.174. The standard InChI is InChI=1S/C23H18ClFN2OS/c24-14-5-3-6-15(25)21(14)23-22-18(26-16-7-1-2-8-17(16)27-23)11-13(12-19(22)28)20-9-4-10-29-20/h1-10,13,23,26-27H,11-12H2/t13-,23+/m0/s1. The van der Waals surface area contributed by atoms with Crippen molar-refractivity contribution in [2.75, 3.05) is 10.6 Å². The molecule has 0 saturated carbocycles. The normalized spacial score (nSPS) is 21.0. The number of nitrogens with one attached hydrogen (secondary N) is 2. The highest BCUT2D eigenvalue weighted by atomic mass is 35.5. The monoisotopic (exact) mass is 424 g/mol. The van der Waals surface area contributed by atoms with Gasteiger partial charge in [0.25, 0.3) is 0 Å². The van der Waals surface area contributed by atoms with E-state index in [4.69, 9.17) is 11.6 Å². The Morgan fingerprint density at radius 1 is 1.00 bits per heavy atom. The van der Waals surface area contributed by atoms with Gasteiger partial charge in [-0.1, -0.05) is 35.9 Å². The number of thiophene rings is 1. The van der Waals surface area contributed by atoms with Gasteiger partial charge in [-0.2, -0.15) is 0 Å². The molecule has 0 spiro atoms. The first-order chi connectivity index (χ1) is 14.1. The van der Waals surface area contributed by atoms with Crippen molar-refractivity contribution in [3.63, 3.8) is 0 Å². The molecule has 1 aromatic heterocycles. The predicted molar refractivity (Wildman–Crippen MR) is 116 cm³/mol. The molecule has 0 unspecified atom stereocenters. The van der Waals surface area contributed by atoms with E-state index >= 15 is 0 Å². The molecule has 0 radical (unpaired) electrons. The van der Waals surface area contributed by atoms with Crippen LogP contribution in [0.3, 0.4) is 0 Å². The van der Waals surface area contributed by atoms with E-state index in [9.17, 15) is 9.18 Å². The zero-order chi connectivity index (χ0) is 20.0. The average Bonchev–Trinajstić information content (AvgIpc) is 3.18. The number of ketones is 1. The van der Waals surface area contributed by atoms with Gasteiger partial charge >= 0.3 is 0 Å². The van der Waals surface area contributed by atoms with Crippen molar-refractivity contribution in [3.8, 4) is 0 Å². The number of halogens is 2. The summed E-state index contributed by atoms with van der Waals surface area (Å²) >= 11 is 8.06. The van der Waals surface area contributed by atoms with E-state index in [1.807, 2.05) is 35.7 Å². The number of carbonyl (C=O) groups is 1. The maximum absolute atomic E-state index is 14.9. The zero-order valence-electron chi connectivity index (χ0n) is 15.4. The summed E-state index contributed by atoms with van der Waals surface area (Å²) in [5.41, 5.74) is 3.40. The van der Waals surface area contributed by atoms with Crippen LogP contribution in [0.5, 0.6) is 0 Å². The number of benzene rings is 2. The fourth-order valence-corrected chi connectivity index (χ4v) is 5.32. The van der Waals surface area contributed by atoms with Gasteiger partial charge in [0.2, 0.25) is 0 Å². The van der Waals surface area contributed by atoms with Crippen LogP contribution < -0.4 is 10.6 Å². The lowest BCUT2D eigenvalue weighted by Gasteiger charge is -2.29. The lowest BCUT2D eigenvalue weighted by molar-refractivity contribution is -0.116. The summed E-state index contributed by atoms with van der Waals surface area (Å²) in [4.78, 5) is 14.5. The highest BCUT2D eigenvalue weighted by Crippen LogP contribution is 2.46. The molecule has 0 fully saturated rings. The summed E-state index contributed by atoms with van der Waals surface area (Å²) in [6.45, 7) is 0. The van der Waals surface area contributed by atoms with Gasteiger partial charge in [-0.15, -0.1) is 11.3 Å². The Bertz CT molecular complexity index is 1110. The Morgan fingerprint density at radius 2 is 1.83 bits per heavy atom. The van der Waals surface area contributed by atoms with E-state index in [2.05, 4.69) is 16.7 Å². The molecule has 1 aliphatic heterocycles. The van der Waals surface area contributed by atoms with Crippen LogP contribution in [-0.4, -0.2) is 5.78 Å². The van der Waals surface area contributed by atoms with Crippen molar-refractivity contribution >= 4 is 40.1 Å². The van der Waals surface area contributed by atoms with Crippen LogP contribution in [-0.2, 0) is 4.79 Å². The third kappa shape index (κ3) is 3.24. The van der Waals surface area contributed by atoms with Gasteiger partial charge < -0.3 is 10.6 Å². The Hall–Kier alpha value is -2.63. The van der Waals surface area contributed by atoms with Crippen molar-refractivity contribution in [1.82, 2.24) is 0 Å². The summed E-state index contributed by atoms with van der Waals surface area (Å²) in [6, 6.07) is 15.8. The van der Waals surface area contributed by atoms with Crippen LogP contribution >= 0.6 is 22.9 Å². The van der Waals surface area contributed by atoms with Crippen LogP contribution in [0.15, 0.2) is 71.2 Å². The zero-order valence-corrected chi connectivity index (χ0v) is 17.0. The van der Waals surface area contributed by atoms with Crippen LogP contribution in [0.25, 0.3) is 0 Å². The number of hydrogen-bond donors (Lipinski definition) is 2. The second-order valence-corrected chi connectivity index (χ2v) is 8.71. The Labute approximate surface area is 177 Å². The summed E-state index contributed by atoms with van der Waals surface area (Å²) in [6.07, 6.45) is 1.10. The average molecular weight is 425 g/mol. The smallest absolute Gasteiger partial charge is 0.163 e. The number of allylic oxidation sites excluding steroid dienone is 1.